The molecular formula is C61H116O6. The molecule has 0 N–H and O–H groups in total. The summed E-state index contributed by atoms with van der Waals surface area (Å²) < 4.78 is 16.9. The molecule has 396 valence electrons. The number of ether oxygens (including phenoxy) is 3. The number of carbonyl (C=O) groups is 3. The van der Waals surface area contributed by atoms with E-state index in [1.165, 1.54) is 244 Å². The van der Waals surface area contributed by atoms with Crippen LogP contribution in [0, 0.1) is 0 Å². The topological polar surface area (TPSA) is 78.9 Å². The molecular weight excluding hydrogens is 829 g/mol. The normalized spacial score (nSPS) is 12.0. The summed E-state index contributed by atoms with van der Waals surface area (Å²) in [6.07, 6.45) is 65.1. The van der Waals surface area contributed by atoms with Crippen molar-refractivity contribution < 1.29 is 28.6 Å². The lowest BCUT2D eigenvalue weighted by molar-refractivity contribution is -0.167. The maximum Gasteiger partial charge on any atom is 0.306 e. The number of hydrogen-bond acceptors (Lipinski definition) is 6. The Hall–Kier alpha value is -1.85. The first kappa shape index (κ1) is 65.1. The van der Waals surface area contributed by atoms with E-state index < -0.39 is 6.10 Å². The Balaban J connectivity index is 4.13. The highest BCUT2D eigenvalue weighted by Gasteiger charge is 2.19. The molecule has 0 bridgehead atoms. The molecule has 0 saturated heterocycles. The molecule has 0 rings (SSSR count). The SMILES string of the molecule is CCCCCCCCCC/C=C\CCCCCCCCCCCCCCCC(=O)OCC(COC(=O)CCCCCCCCCCC)OC(=O)CCCCCCCCCCCCCCCCC. The molecule has 6 nitrogen and oxygen atoms in total. The van der Waals surface area contributed by atoms with Gasteiger partial charge in [0.15, 0.2) is 6.10 Å². The Kier molecular flexibility index (Phi) is 55.2. The van der Waals surface area contributed by atoms with E-state index in [4.69, 9.17) is 14.2 Å². The fourth-order valence-electron chi connectivity index (χ4n) is 9.21. The van der Waals surface area contributed by atoms with E-state index in [0.29, 0.717) is 19.3 Å². The lowest BCUT2D eigenvalue weighted by Crippen LogP contribution is -2.30. The first-order chi connectivity index (χ1) is 33.0. The Labute approximate surface area is 418 Å². The van der Waals surface area contributed by atoms with E-state index in [-0.39, 0.29) is 31.1 Å². The fourth-order valence-corrected chi connectivity index (χ4v) is 9.21. The van der Waals surface area contributed by atoms with Crippen molar-refractivity contribution in [1.82, 2.24) is 0 Å². The molecule has 0 fully saturated rings. The lowest BCUT2D eigenvalue weighted by Gasteiger charge is -2.18. The summed E-state index contributed by atoms with van der Waals surface area (Å²) in [5.74, 6) is -0.843. The first-order valence-electron chi connectivity index (χ1n) is 30.2. The van der Waals surface area contributed by atoms with E-state index in [9.17, 15) is 14.4 Å². The molecule has 0 spiro atoms. The van der Waals surface area contributed by atoms with Gasteiger partial charge in [-0.05, 0) is 44.9 Å². The molecule has 1 atom stereocenters. The van der Waals surface area contributed by atoms with Gasteiger partial charge in [0.2, 0.25) is 0 Å². The Morgan fingerprint density at radius 2 is 0.493 bits per heavy atom. The molecule has 0 aromatic heterocycles. The van der Waals surface area contributed by atoms with Crippen molar-refractivity contribution in [2.24, 2.45) is 0 Å². The minimum absolute atomic E-state index is 0.0640. The quantitative estimate of drug-likeness (QED) is 0.0262. The number of carbonyl (C=O) groups excluding carboxylic acids is 3. The molecule has 6 heteroatoms. The number of hydrogen-bond donors (Lipinski definition) is 0. The summed E-state index contributed by atoms with van der Waals surface area (Å²) in [5, 5.41) is 0. The molecule has 0 aliphatic carbocycles. The van der Waals surface area contributed by atoms with E-state index in [1.807, 2.05) is 0 Å². The van der Waals surface area contributed by atoms with Crippen LogP contribution in [0.25, 0.3) is 0 Å². The summed E-state index contributed by atoms with van der Waals surface area (Å²) in [5.41, 5.74) is 0. The third kappa shape index (κ3) is 55.0. The summed E-state index contributed by atoms with van der Waals surface area (Å²) in [4.78, 5) is 38.0. The lowest BCUT2D eigenvalue weighted by atomic mass is 10.0. The smallest absolute Gasteiger partial charge is 0.306 e. The van der Waals surface area contributed by atoms with Gasteiger partial charge < -0.3 is 14.2 Å². The van der Waals surface area contributed by atoms with E-state index in [0.717, 1.165) is 57.8 Å². The van der Waals surface area contributed by atoms with Crippen LogP contribution in [0.1, 0.15) is 342 Å². The maximum absolute atomic E-state index is 12.8. The first-order valence-corrected chi connectivity index (χ1v) is 30.2. The molecule has 0 radical (unpaired) electrons. The van der Waals surface area contributed by atoms with Crippen LogP contribution in [-0.2, 0) is 28.6 Å². The van der Waals surface area contributed by atoms with Gasteiger partial charge in [-0.1, -0.05) is 290 Å². The molecule has 0 saturated carbocycles. The van der Waals surface area contributed by atoms with Crippen molar-refractivity contribution in [3.8, 4) is 0 Å². The van der Waals surface area contributed by atoms with Gasteiger partial charge in [-0.2, -0.15) is 0 Å². The van der Waals surface area contributed by atoms with Crippen LogP contribution in [0.2, 0.25) is 0 Å². The van der Waals surface area contributed by atoms with E-state index in [1.54, 1.807) is 0 Å². The third-order valence-electron chi connectivity index (χ3n) is 13.8. The highest BCUT2D eigenvalue weighted by Crippen LogP contribution is 2.17. The fraction of sp³-hybridized carbons (Fsp3) is 0.918. The maximum atomic E-state index is 12.8. The van der Waals surface area contributed by atoms with Gasteiger partial charge in [0, 0.05) is 19.3 Å². The second-order valence-electron chi connectivity index (χ2n) is 20.6. The van der Waals surface area contributed by atoms with Gasteiger partial charge in [-0.25, -0.2) is 0 Å². The molecule has 0 amide bonds. The van der Waals surface area contributed by atoms with Gasteiger partial charge in [0.25, 0.3) is 0 Å². The average molecular weight is 946 g/mol. The van der Waals surface area contributed by atoms with Crippen molar-refractivity contribution in [3.05, 3.63) is 12.2 Å². The Morgan fingerprint density at radius 1 is 0.284 bits per heavy atom. The zero-order chi connectivity index (χ0) is 48.6. The number of allylic oxidation sites excluding steroid dienone is 2. The van der Waals surface area contributed by atoms with Crippen LogP contribution in [0.3, 0.4) is 0 Å². The van der Waals surface area contributed by atoms with Crippen LogP contribution in [0.4, 0.5) is 0 Å². The highest BCUT2D eigenvalue weighted by molar-refractivity contribution is 5.71. The number of esters is 3. The predicted molar refractivity (Wildman–Crippen MR) is 289 cm³/mol. The standard InChI is InChI=1S/C61H116O6/c1-4-7-10-13-16-19-21-23-25-26-27-28-29-30-31-32-33-34-36-37-39-42-45-48-51-54-60(63)66-57-58(56-65-59(62)53-50-47-44-41-18-15-12-9-6-3)67-61(64)55-52-49-46-43-40-38-35-24-22-20-17-14-11-8-5-2/h26-27,58H,4-25,28-57H2,1-3H3/b27-26-. The molecule has 0 aromatic carbocycles. The zero-order valence-electron chi connectivity index (χ0n) is 45.5. The molecule has 0 heterocycles. The minimum atomic E-state index is -0.763. The van der Waals surface area contributed by atoms with Crippen LogP contribution >= 0.6 is 0 Å². The molecule has 67 heavy (non-hydrogen) atoms. The van der Waals surface area contributed by atoms with Crippen LogP contribution in [0.5, 0.6) is 0 Å². The summed E-state index contributed by atoms with van der Waals surface area (Å²) in [6, 6.07) is 0. The van der Waals surface area contributed by atoms with Gasteiger partial charge >= 0.3 is 17.9 Å². The third-order valence-corrected chi connectivity index (χ3v) is 13.8. The zero-order valence-corrected chi connectivity index (χ0v) is 45.5. The second-order valence-corrected chi connectivity index (χ2v) is 20.6. The van der Waals surface area contributed by atoms with Gasteiger partial charge in [-0.3, -0.25) is 14.4 Å². The number of rotatable bonds is 56. The van der Waals surface area contributed by atoms with Crippen LogP contribution in [-0.4, -0.2) is 37.2 Å². The molecule has 0 aromatic rings. The average Bonchev–Trinajstić information content (AvgIpc) is 3.33. The van der Waals surface area contributed by atoms with Crippen molar-refractivity contribution >= 4 is 17.9 Å². The van der Waals surface area contributed by atoms with Crippen LogP contribution < -0.4 is 0 Å². The molecule has 1 unspecified atom stereocenters. The van der Waals surface area contributed by atoms with E-state index >= 15 is 0 Å². The molecule has 0 aliphatic rings. The Bertz CT molecular complexity index is 1040. The summed E-state index contributed by atoms with van der Waals surface area (Å²) in [6.45, 7) is 6.68. The van der Waals surface area contributed by atoms with Crippen molar-refractivity contribution in [2.45, 2.75) is 348 Å². The van der Waals surface area contributed by atoms with Gasteiger partial charge in [-0.15, -0.1) is 0 Å². The van der Waals surface area contributed by atoms with E-state index in [2.05, 4.69) is 32.9 Å². The largest absolute Gasteiger partial charge is 0.462 e. The van der Waals surface area contributed by atoms with Crippen LogP contribution in [0.15, 0.2) is 12.2 Å². The number of unbranched alkanes of at least 4 members (excludes halogenated alkanes) is 43. The predicted octanol–water partition coefficient (Wildman–Crippen LogP) is 20.1. The van der Waals surface area contributed by atoms with Crippen molar-refractivity contribution in [2.75, 3.05) is 13.2 Å². The summed E-state index contributed by atoms with van der Waals surface area (Å²) >= 11 is 0. The van der Waals surface area contributed by atoms with Crippen molar-refractivity contribution in [3.63, 3.8) is 0 Å². The monoisotopic (exact) mass is 945 g/mol. The van der Waals surface area contributed by atoms with Gasteiger partial charge in [0.1, 0.15) is 13.2 Å². The Morgan fingerprint density at radius 3 is 0.746 bits per heavy atom. The minimum Gasteiger partial charge on any atom is -0.462 e. The van der Waals surface area contributed by atoms with Gasteiger partial charge in [0.05, 0.1) is 0 Å². The van der Waals surface area contributed by atoms with Crippen molar-refractivity contribution in [1.29, 1.82) is 0 Å². The highest BCUT2D eigenvalue weighted by atomic mass is 16.6. The second kappa shape index (κ2) is 56.7. The summed E-state index contributed by atoms with van der Waals surface area (Å²) in [7, 11) is 0. The molecule has 0 aliphatic heterocycles.